The third-order valence-corrected chi connectivity index (χ3v) is 15.2. The number of aromatic amines is 1. The van der Waals surface area contributed by atoms with Crippen LogP contribution in [0, 0.1) is 0 Å². The normalized spacial score (nSPS) is 16.7. The molecule has 0 bridgehead atoms. The van der Waals surface area contributed by atoms with E-state index < -0.39 is 17.8 Å². The molecule has 13 rings (SSSR count). The maximum Gasteiger partial charge on any atom is 0.242 e. The summed E-state index contributed by atoms with van der Waals surface area (Å²) in [7, 11) is 6.15. The molecule has 0 aliphatic carbocycles. The van der Waals surface area contributed by atoms with Gasteiger partial charge < -0.3 is 82.6 Å². The van der Waals surface area contributed by atoms with Gasteiger partial charge in [0.05, 0.1) is 100 Å². The minimum atomic E-state index is -0.855. The van der Waals surface area contributed by atoms with Gasteiger partial charge in [-0.1, -0.05) is 0 Å². The summed E-state index contributed by atoms with van der Waals surface area (Å²) in [5.74, 6) is 0.620. The zero-order valence-corrected chi connectivity index (χ0v) is 44.5. The lowest BCUT2D eigenvalue weighted by Crippen LogP contribution is -2.37. The Labute approximate surface area is 462 Å². The highest BCUT2D eigenvalue weighted by Crippen LogP contribution is 2.50. The van der Waals surface area contributed by atoms with Crippen molar-refractivity contribution in [3.05, 3.63) is 97.6 Å². The summed E-state index contributed by atoms with van der Waals surface area (Å²) in [4.78, 5) is 32.3. The van der Waals surface area contributed by atoms with Gasteiger partial charge in [0.2, 0.25) is 29.2 Å². The van der Waals surface area contributed by atoms with Crippen LogP contribution in [0.25, 0.3) is 84.2 Å². The molecule has 0 saturated carbocycles. The molecule has 2 atom stereocenters. The number of rotatable bonds is 13. The Morgan fingerprint density at radius 1 is 0.667 bits per heavy atom. The van der Waals surface area contributed by atoms with E-state index in [9.17, 15) is 25.5 Å². The topological polar surface area (TPSA) is 266 Å². The fraction of sp³-hybridized carbons (Fsp3) is 0.276. The first kappa shape index (κ1) is 50.9. The standard InChI is InChI=1S/C58H55N11O12/c1-65-41-28-59-10-9-37(41)60-58(65)36-26-45(77-4)53(73)54(74)49(36)31-6-5-11-68(29-31)40-27-47(67-14-18-79-19-15-67)62-56-50(40)63-55(64-56)32-21-44(76-3)52(72)46(22-32)81-48-25-35(30-80-48)69-39-8-7-34(66-12-16-78-17-13-66)24-38(39)61-57(69)33-20-42(70)51(71)43(23-33)75-2/h5-11,20-24,26-29,35,48H,12-19,25,30H2,1-4H3,(H5-,59,60,61,62,63,64,70,71,72,73,74)/p+1. The SMILES string of the molecule is COc1cc(-c2nc3cc(N4CCOCC4)ccc3n2C2COC(Oc3cc(-c4nc5nc(N6CCOCC6)cc(-[n+]6cccc(-c7c(-c8nc9ccncc9n8C)cc(OC)c(O)c7O)c6)c5[nH]4)cc(OC)c3O)C2)cc(O)c1O. The maximum atomic E-state index is 11.8. The lowest BCUT2D eigenvalue weighted by Gasteiger charge is -2.28. The van der Waals surface area contributed by atoms with Crippen LogP contribution in [-0.4, -0.2) is 151 Å². The number of hydrogen-bond donors (Lipinski definition) is 6. The van der Waals surface area contributed by atoms with E-state index in [2.05, 4.69) is 25.8 Å². The Balaban J connectivity index is 0.864. The predicted octanol–water partition coefficient (Wildman–Crippen LogP) is 7.13. The highest BCUT2D eigenvalue weighted by molar-refractivity contribution is 5.92. The summed E-state index contributed by atoms with van der Waals surface area (Å²) >= 11 is 0. The number of nitrogens with zero attached hydrogens (tertiary/aromatic N) is 10. The smallest absolute Gasteiger partial charge is 0.242 e. The van der Waals surface area contributed by atoms with Gasteiger partial charge in [-0.15, -0.1) is 0 Å². The van der Waals surface area contributed by atoms with E-state index in [1.165, 1.54) is 27.4 Å². The number of aromatic nitrogens is 9. The van der Waals surface area contributed by atoms with Crippen LogP contribution in [-0.2, 0) is 21.3 Å². The quantitative estimate of drug-likeness (QED) is 0.0495. The number of aryl methyl sites for hydroxylation is 1. The molecule has 0 radical (unpaired) electrons. The average Bonchev–Trinajstić information content (AvgIpc) is 4.51. The third-order valence-electron chi connectivity index (χ3n) is 15.2. The largest absolute Gasteiger partial charge is 0.504 e. The number of morpholine rings is 2. The Kier molecular flexibility index (Phi) is 12.9. The second-order valence-electron chi connectivity index (χ2n) is 19.9. The number of hydrogen-bond acceptors (Lipinski definition) is 19. The molecule has 3 aliphatic rings. The van der Waals surface area contributed by atoms with Gasteiger partial charge in [0.25, 0.3) is 0 Å². The fourth-order valence-corrected chi connectivity index (χ4v) is 11.1. The van der Waals surface area contributed by atoms with Crippen LogP contribution < -0.4 is 33.3 Å². The molecule has 6 N–H and O–H groups in total. The number of H-pyrrole nitrogens is 1. The van der Waals surface area contributed by atoms with Crippen LogP contribution in [0.15, 0.2) is 97.6 Å². The van der Waals surface area contributed by atoms with Crippen molar-refractivity contribution in [2.24, 2.45) is 7.05 Å². The molecular weight excluding hydrogens is 1040 g/mol. The number of methoxy groups -OCH3 is 3. The summed E-state index contributed by atoms with van der Waals surface area (Å²) in [5.41, 5.74) is 7.98. The lowest BCUT2D eigenvalue weighted by molar-refractivity contribution is -0.593. The van der Waals surface area contributed by atoms with Gasteiger partial charge in [-0.25, -0.2) is 19.9 Å². The van der Waals surface area contributed by atoms with Crippen molar-refractivity contribution in [1.29, 1.82) is 0 Å². The molecule has 9 heterocycles. The van der Waals surface area contributed by atoms with Crippen molar-refractivity contribution in [2.45, 2.75) is 18.8 Å². The fourth-order valence-electron chi connectivity index (χ4n) is 11.1. The van der Waals surface area contributed by atoms with Gasteiger partial charge in [-0.05, 0) is 60.7 Å². The second-order valence-corrected chi connectivity index (χ2v) is 19.9. The molecule has 3 fully saturated rings. The number of nitrogens with one attached hydrogen (secondary N) is 1. The van der Waals surface area contributed by atoms with Gasteiger partial charge in [-0.3, -0.25) is 4.98 Å². The van der Waals surface area contributed by atoms with Crippen molar-refractivity contribution in [1.82, 2.24) is 39.0 Å². The van der Waals surface area contributed by atoms with E-state index in [4.69, 9.17) is 53.1 Å². The van der Waals surface area contributed by atoms with Gasteiger partial charge in [0.15, 0.2) is 58.1 Å². The molecule has 23 nitrogen and oxygen atoms in total. The monoisotopic (exact) mass is 1100 g/mol. The van der Waals surface area contributed by atoms with Crippen LogP contribution >= 0.6 is 0 Å². The molecule has 414 valence electrons. The van der Waals surface area contributed by atoms with E-state index in [-0.39, 0.29) is 52.9 Å². The summed E-state index contributed by atoms with van der Waals surface area (Å²) in [6.07, 6.45) is 6.57. The van der Waals surface area contributed by atoms with Gasteiger partial charge >= 0.3 is 0 Å². The number of ether oxygens (including phenoxy) is 7. The molecule has 81 heavy (non-hydrogen) atoms. The van der Waals surface area contributed by atoms with Crippen molar-refractivity contribution in [2.75, 3.05) is 90.3 Å². The van der Waals surface area contributed by atoms with Crippen LogP contribution in [0.4, 0.5) is 11.5 Å². The summed E-state index contributed by atoms with van der Waals surface area (Å²) in [6, 6.07) is 21.3. The Morgan fingerprint density at radius 2 is 1.38 bits per heavy atom. The first-order valence-electron chi connectivity index (χ1n) is 26.3. The molecule has 3 aliphatic heterocycles. The van der Waals surface area contributed by atoms with E-state index in [1.54, 1.807) is 36.7 Å². The van der Waals surface area contributed by atoms with E-state index >= 15 is 0 Å². The van der Waals surface area contributed by atoms with E-state index in [1.807, 2.05) is 69.5 Å². The number of fused-ring (bicyclic) bond motifs is 3. The minimum absolute atomic E-state index is 0.0713. The Morgan fingerprint density at radius 3 is 2.15 bits per heavy atom. The average molecular weight is 1100 g/mol. The summed E-state index contributed by atoms with van der Waals surface area (Å²) in [5, 5.41) is 56.2. The predicted molar refractivity (Wildman–Crippen MR) is 297 cm³/mol. The molecule has 6 aromatic heterocycles. The van der Waals surface area contributed by atoms with Crippen LogP contribution in [0.2, 0.25) is 0 Å². The lowest BCUT2D eigenvalue weighted by atomic mass is 9.97. The number of imidazole rings is 3. The third kappa shape index (κ3) is 9.00. The number of pyridine rings is 3. The van der Waals surface area contributed by atoms with Crippen molar-refractivity contribution < 1.29 is 63.3 Å². The highest BCUT2D eigenvalue weighted by Gasteiger charge is 2.34. The molecule has 23 heteroatoms. The van der Waals surface area contributed by atoms with Crippen LogP contribution in [0.5, 0.6) is 51.7 Å². The molecule has 10 aromatic rings. The Bertz CT molecular complexity index is 4070. The number of phenolic OH excluding ortho intramolecular Hbond substituents is 5. The molecule has 2 unspecified atom stereocenters. The second kappa shape index (κ2) is 20.6. The number of aromatic hydroxyl groups is 5. The van der Waals surface area contributed by atoms with Gasteiger partial charge in [0, 0.05) is 79.9 Å². The molecule has 0 spiro atoms. The van der Waals surface area contributed by atoms with E-state index in [0.717, 1.165) is 29.8 Å². The first-order valence-corrected chi connectivity index (χ1v) is 26.3. The summed E-state index contributed by atoms with van der Waals surface area (Å²) < 4.78 is 46.8. The number of phenols is 5. The Hall–Kier alpha value is -9.58. The zero-order valence-electron chi connectivity index (χ0n) is 44.5. The number of benzene rings is 4. The highest BCUT2D eigenvalue weighted by atomic mass is 16.7. The van der Waals surface area contributed by atoms with Crippen molar-refractivity contribution in [3.8, 4) is 103 Å². The minimum Gasteiger partial charge on any atom is -0.504 e. The van der Waals surface area contributed by atoms with Crippen LogP contribution in [0.3, 0.4) is 0 Å². The summed E-state index contributed by atoms with van der Waals surface area (Å²) in [6.45, 7) is 5.15. The van der Waals surface area contributed by atoms with Gasteiger partial charge in [-0.2, -0.15) is 4.57 Å². The van der Waals surface area contributed by atoms with Crippen molar-refractivity contribution in [3.63, 3.8) is 0 Å². The van der Waals surface area contributed by atoms with Crippen molar-refractivity contribution >= 4 is 44.7 Å². The van der Waals surface area contributed by atoms with Gasteiger partial charge in [0.1, 0.15) is 23.3 Å². The zero-order chi connectivity index (χ0) is 55.6. The first-order chi connectivity index (χ1) is 39.5. The molecule has 4 aromatic carbocycles. The maximum absolute atomic E-state index is 11.8. The molecule has 0 amide bonds. The van der Waals surface area contributed by atoms with E-state index in [0.29, 0.717) is 125 Å². The molecule has 3 saturated heterocycles. The number of anilines is 2. The van der Waals surface area contributed by atoms with Crippen LogP contribution in [0.1, 0.15) is 12.5 Å². The molecular formula is C58H56N11O12+.